The predicted octanol–water partition coefficient (Wildman–Crippen LogP) is 4.98. The molecule has 0 unspecified atom stereocenters. The molecule has 164 valence electrons. The van der Waals surface area contributed by atoms with E-state index in [2.05, 4.69) is 15.9 Å². The molecule has 8 nitrogen and oxygen atoms in total. The van der Waals surface area contributed by atoms with Crippen molar-refractivity contribution in [1.82, 2.24) is 0 Å². The van der Waals surface area contributed by atoms with Gasteiger partial charge in [-0.25, -0.2) is 4.79 Å². The van der Waals surface area contributed by atoms with Crippen LogP contribution in [0.5, 0.6) is 11.5 Å². The second-order valence-electron chi connectivity index (χ2n) is 6.57. The summed E-state index contributed by atoms with van der Waals surface area (Å²) >= 11 is 3.35. The van der Waals surface area contributed by atoms with Crippen molar-refractivity contribution in [1.29, 1.82) is 0 Å². The smallest absolute Gasteiger partial charge is 0.338 e. The summed E-state index contributed by atoms with van der Waals surface area (Å²) in [5.74, 6) is -0.464. The number of carbonyl (C=O) groups is 2. The van der Waals surface area contributed by atoms with Gasteiger partial charge in [0.05, 0.1) is 22.1 Å². The molecule has 0 amide bonds. The molecule has 0 aliphatic carbocycles. The van der Waals surface area contributed by atoms with E-state index in [4.69, 9.17) is 14.2 Å². The van der Waals surface area contributed by atoms with Gasteiger partial charge >= 0.3 is 5.97 Å². The van der Waals surface area contributed by atoms with Gasteiger partial charge in [0.2, 0.25) is 0 Å². The monoisotopic (exact) mass is 499 g/mol. The maximum absolute atomic E-state index is 12.5. The van der Waals surface area contributed by atoms with Gasteiger partial charge in [-0.1, -0.05) is 30.3 Å². The lowest BCUT2D eigenvalue weighted by Crippen LogP contribution is -2.14. The number of ether oxygens (including phenoxy) is 3. The molecule has 0 fully saturated rings. The summed E-state index contributed by atoms with van der Waals surface area (Å²) in [6, 6.07) is 17.5. The van der Waals surface area contributed by atoms with Crippen molar-refractivity contribution in [3.8, 4) is 11.5 Å². The molecule has 32 heavy (non-hydrogen) atoms. The summed E-state index contributed by atoms with van der Waals surface area (Å²) in [6.07, 6.45) is 0. The number of hydrogen-bond acceptors (Lipinski definition) is 7. The molecule has 0 atom stereocenters. The number of rotatable bonds is 9. The zero-order valence-corrected chi connectivity index (χ0v) is 18.5. The van der Waals surface area contributed by atoms with Gasteiger partial charge in [0.25, 0.3) is 5.69 Å². The van der Waals surface area contributed by atoms with E-state index in [-0.39, 0.29) is 23.4 Å². The lowest BCUT2D eigenvalue weighted by molar-refractivity contribution is -0.384. The first-order valence-corrected chi connectivity index (χ1v) is 10.2. The first-order chi connectivity index (χ1) is 15.4. The van der Waals surface area contributed by atoms with Gasteiger partial charge in [-0.15, -0.1) is 0 Å². The Morgan fingerprint density at radius 2 is 1.69 bits per heavy atom. The summed E-state index contributed by atoms with van der Waals surface area (Å²) < 4.78 is 16.8. The number of carbonyl (C=O) groups excluding carboxylic acids is 2. The Kier molecular flexibility index (Phi) is 7.56. The number of hydrogen-bond donors (Lipinski definition) is 0. The van der Waals surface area contributed by atoms with Gasteiger partial charge in [-0.05, 0) is 45.8 Å². The topological polar surface area (TPSA) is 105 Å². The first-order valence-electron chi connectivity index (χ1n) is 9.38. The van der Waals surface area contributed by atoms with Crippen molar-refractivity contribution in [2.75, 3.05) is 13.7 Å². The summed E-state index contributed by atoms with van der Waals surface area (Å²) in [7, 11) is 1.48. The fraction of sp³-hybridized carbons (Fsp3) is 0.130. The van der Waals surface area contributed by atoms with Crippen LogP contribution in [0.25, 0.3) is 0 Å². The Morgan fingerprint density at radius 3 is 2.31 bits per heavy atom. The maximum atomic E-state index is 12.5. The molecular formula is C23H18BrNO7. The number of esters is 1. The molecule has 0 aliphatic rings. The van der Waals surface area contributed by atoms with E-state index in [1.165, 1.54) is 43.5 Å². The first kappa shape index (κ1) is 23.0. The van der Waals surface area contributed by atoms with E-state index in [1.807, 2.05) is 30.3 Å². The molecule has 9 heteroatoms. The van der Waals surface area contributed by atoms with Crippen molar-refractivity contribution in [3.05, 3.63) is 98.0 Å². The van der Waals surface area contributed by atoms with Gasteiger partial charge in [0.15, 0.2) is 23.9 Å². The number of ketones is 1. The van der Waals surface area contributed by atoms with Crippen LogP contribution in [0, 0.1) is 10.1 Å². The highest BCUT2D eigenvalue weighted by Crippen LogP contribution is 2.37. The number of nitrogens with zero attached hydrogens (tertiary/aromatic N) is 1. The Bertz CT molecular complexity index is 1130. The minimum absolute atomic E-state index is 0.135. The van der Waals surface area contributed by atoms with Crippen molar-refractivity contribution in [3.63, 3.8) is 0 Å². The van der Waals surface area contributed by atoms with Crippen LogP contribution in [0.4, 0.5) is 5.69 Å². The molecule has 0 N–H and O–H groups in total. The van der Waals surface area contributed by atoms with E-state index in [0.717, 1.165) is 5.56 Å². The van der Waals surface area contributed by atoms with E-state index < -0.39 is 23.3 Å². The van der Waals surface area contributed by atoms with E-state index >= 15 is 0 Å². The lowest BCUT2D eigenvalue weighted by Gasteiger charge is -2.14. The Labute approximate surface area is 192 Å². The van der Waals surface area contributed by atoms with Gasteiger partial charge < -0.3 is 14.2 Å². The quantitative estimate of drug-likeness (QED) is 0.177. The van der Waals surface area contributed by atoms with Crippen molar-refractivity contribution < 1.29 is 28.7 Å². The number of non-ortho nitro benzene ring substituents is 1. The third-order valence-corrected chi connectivity index (χ3v) is 5.01. The van der Waals surface area contributed by atoms with Crippen molar-refractivity contribution in [2.24, 2.45) is 0 Å². The SMILES string of the molecule is COc1c(Br)cc(C(=O)OCC(=O)c2ccc([N+](=O)[O-])cc2)cc1OCc1ccccc1. The Morgan fingerprint density at radius 1 is 1.00 bits per heavy atom. The van der Waals surface area contributed by atoms with E-state index in [1.54, 1.807) is 0 Å². The molecule has 0 aromatic heterocycles. The zero-order valence-electron chi connectivity index (χ0n) is 16.9. The average Bonchev–Trinajstić information content (AvgIpc) is 2.81. The molecule has 0 bridgehead atoms. The van der Waals surface area contributed by atoms with Crippen LogP contribution in [0.1, 0.15) is 26.3 Å². The number of nitro groups is 1. The minimum Gasteiger partial charge on any atom is -0.492 e. The van der Waals surface area contributed by atoms with E-state index in [0.29, 0.717) is 16.0 Å². The van der Waals surface area contributed by atoms with Crippen LogP contribution < -0.4 is 9.47 Å². The largest absolute Gasteiger partial charge is 0.492 e. The van der Waals surface area contributed by atoms with Crippen LogP contribution in [0.3, 0.4) is 0 Å². The van der Waals surface area contributed by atoms with Crippen LogP contribution in [-0.2, 0) is 11.3 Å². The molecule has 0 heterocycles. The van der Waals surface area contributed by atoms with Crippen LogP contribution in [-0.4, -0.2) is 30.4 Å². The van der Waals surface area contributed by atoms with Crippen LogP contribution >= 0.6 is 15.9 Å². The van der Waals surface area contributed by atoms with Gasteiger partial charge in [-0.2, -0.15) is 0 Å². The molecule has 3 aromatic rings. The number of benzene rings is 3. The molecule has 0 saturated heterocycles. The second kappa shape index (κ2) is 10.5. The van der Waals surface area contributed by atoms with Crippen LogP contribution in [0.15, 0.2) is 71.2 Å². The summed E-state index contributed by atoms with van der Waals surface area (Å²) in [5, 5.41) is 10.7. The summed E-state index contributed by atoms with van der Waals surface area (Å²) in [6.45, 7) is -0.249. The summed E-state index contributed by atoms with van der Waals surface area (Å²) in [4.78, 5) is 34.9. The number of halogens is 1. The Hall–Kier alpha value is -3.72. The lowest BCUT2D eigenvalue weighted by atomic mass is 10.1. The Balaban J connectivity index is 1.69. The van der Waals surface area contributed by atoms with Gasteiger partial charge in [-0.3, -0.25) is 14.9 Å². The standard InChI is InChI=1S/C23H18BrNO7/c1-30-22-19(24)11-17(12-21(22)31-13-15-5-3-2-4-6-15)23(27)32-14-20(26)16-7-9-18(10-8-16)25(28)29/h2-12H,13-14H2,1H3. The molecular weight excluding hydrogens is 482 g/mol. The zero-order chi connectivity index (χ0) is 23.1. The van der Waals surface area contributed by atoms with E-state index in [9.17, 15) is 19.7 Å². The fourth-order valence-corrected chi connectivity index (χ4v) is 3.40. The highest BCUT2D eigenvalue weighted by atomic mass is 79.9. The molecule has 0 radical (unpaired) electrons. The minimum atomic E-state index is -0.729. The number of Topliss-reactive ketones (excluding diaryl/α,β-unsaturated/α-hetero) is 1. The predicted molar refractivity (Wildman–Crippen MR) is 119 cm³/mol. The third kappa shape index (κ3) is 5.70. The third-order valence-electron chi connectivity index (χ3n) is 4.42. The molecule has 0 aliphatic heterocycles. The van der Waals surface area contributed by atoms with Crippen molar-refractivity contribution in [2.45, 2.75) is 6.61 Å². The summed E-state index contributed by atoms with van der Waals surface area (Å²) in [5.41, 5.74) is 1.17. The van der Waals surface area contributed by atoms with Gasteiger partial charge in [0, 0.05) is 17.7 Å². The highest BCUT2D eigenvalue weighted by molar-refractivity contribution is 9.10. The second-order valence-corrected chi connectivity index (χ2v) is 7.42. The molecule has 0 spiro atoms. The van der Waals surface area contributed by atoms with Gasteiger partial charge in [0.1, 0.15) is 6.61 Å². The maximum Gasteiger partial charge on any atom is 0.338 e. The van der Waals surface area contributed by atoms with Crippen LogP contribution in [0.2, 0.25) is 0 Å². The highest BCUT2D eigenvalue weighted by Gasteiger charge is 2.18. The average molecular weight is 500 g/mol. The molecule has 3 rings (SSSR count). The molecule has 3 aromatic carbocycles. The normalized spacial score (nSPS) is 10.3. The number of nitro benzene ring substituents is 1. The van der Waals surface area contributed by atoms with Crippen molar-refractivity contribution >= 4 is 33.4 Å². The fourth-order valence-electron chi connectivity index (χ4n) is 2.79. The molecule has 0 saturated carbocycles. The number of methoxy groups -OCH3 is 1.